The van der Waals surface area contributed by atoms with Crippen molar-refractivity contribution in [3.8, 4) is 0 Å². The molecule has 20 heavy (non-hydrogen) atoms. The first-order valence-corrected chi connectivity index (χ1v) is 7.95. The summed E-state index contributed by atoms with van der Waals surface area (Å²) in [5.74, 6) is 0.829. The Bertz CT molecular complexity index is 536. The quantitative estimate of drug-likeness (QED) is 0.882. The van der Waals surface area contributed by atoms with E-state index in [0.717, 1.165) is 6.42 Å². The summed E-state index contributed by atoms with van der Waals surface area (Å²) < 4.78 is 0. The molecule has 3 aliphatic rings. The number of carbonyl (C=O) groups is 1. The summed E-state index contributed by atoms with van der Waals surface area (Å²) in [6.45, 7) is 0.473. The zero-order valence-electron chi connectivity index (χ0n) is 11.8. The van der Waals surface area contributed by atoms with Gasteiger partial charge in [0.25, 0.3) is 0 Å². The largest absolute Gasteiger partial charge is 0.348 e. The van der Waals surface area contributed by atoms with Gasteiger partial charge in [0.05, 0.1) is 12.6 Å². The maximum Gasteiger partial charge on any atom is 0.234 e. The summed E-state index contributed by atoms with van der Waals surface area (Å²) in [5, 5.41) is 6.53. The van der Waals surface area contributed by atoms with Gasteiger partial charge in [0.15, 0.2) is 0 Å². The first kappa shape index (κ1) is 12.4. The van der Waals surface area contributed by atoms with E-state index in [2.05, 4.69) is 28.8 Å². The summed E-state index contributed by atoms with van der Waals surface area (Å²) >= 11 is 0. The molecule has 106 valence electrons. The van der Waals surface area contributed by atoms with Crippen molar-refractivity contribution in [3.63, 3.8) is 0 Å². The molecule has 3 nitrogen and oxygen atoms in total. The maximum absolute atomic E-state index is 12.1. The van der Waals surface area contributed by atoms with Gasteiger partial charge in [-0.3, -0.25) is 4.79 Å². The minimum Gasteiger partial charge on any atom is -0.348 e. The zero-order valence-corrected chi connectivity index (χ0v) is 11.8. The molecule has 2 N–H and O–H groups in total. The number of hydrogen-bond acceptors (Lipinski definition) is 2. The molecule has 4 rings (SSSR count). The normalized spacial score (nSPS) is 27.2. The summed E-state index contributed by atoms with van der Waals surface area (Å²) in [4.78, 5) is 12.1. The molecule has 3 aliphatic carbocycles. The van der Waals surface area contributed by atoms with E-state index in [4.69, 9.17) is 0 Å². The van der Waals surface area contributed by atoms with Gasteiger partial charge < -0.3 is 10.6 Å². The van der Waals surface area contributed by atoms with Crippen molar-refractivity contribution < 1.29 is 4.79 Å². The standard InChI is InChI=1S/C17H22N2O/c20-16(10-18-13-7-8-13)19-15-9-12-5-1-3-11-4-2-6-14(15)17(11)12/h2,4,6,12-13,15,18H,1,3,5,7-10H2,(H,19,20)/t12-,15-/m0/s1. The molecule has 0 aliphatic heterocycles. The second-order valence-electron chi connectivity index (χ2n) is 6.52. The van der Waals surface area contributed by atoms with E-state index in [1.54, 1.807) is 5.56 Å². The van der Waals surface area contributed by atoms with Crippen molar-refractivity contribution in [3.05, 3.63) is 34.9 Å². The van der Waals surface area contributed by atoms with Crippen LogP contribution in [0.4, 0.5) is 0 Å². The Morgan fingerprint density at radius 2 is 2.15 bits per heavy atom. The molecule has 0 saturated heterocycles. The van der Waals surface area contributed by atoms with Crippen molar-refractivity contribution in [1.29, 1.82) is 0 Å². The molecule has 0 unspecified atom stereocenters. The fourth-order valence-electron chi connectivity index (χ4n) is 3.89. The van der Waals surface area contributed by atoms with Gasteiger partial charge in [-0.15, -0.1) is 0 Å². The van der Waals surface area contributed by atoms with Gasteiger partial charge in [-0.25, -0.2) is 0 Å². The van der Waals surface area contributed by atoms with Crippen LogP contribution in [0.15, 0.2) is 18.2 Å². The van der Waals surface area contributed by atoms with Crippen LogP contribution in [0.25, 0.3) is 0 Å². The molecule has 2 atom stereocenters. The van der Waals surface area contributed by atoms with E-state index in [-0.39, 0.29) is 11.9 Å². The average Bonchev–Trinajstić information content (AvgIpc) is 3.23. The maximum atomic E-state index is 12.1. The van der Waals surface area contributed by atoms with Gasteiger partial charge in [-0.2, -0.15) is 0 Å². The van der Waals surface area contributed by atoms with E-state index in [1.807, 2.05) is 0 Å². The Morgan fingerprint density at radius 3 is 3.00 bits per heavy atom. The Hall–Kier alpha value is -1.35. The highest BCUT2D eigenvalue weighted by Crippen LogP contribution is 2.47. The minimum atomic E-state index is 0.151. The Kier molecular flexibility index (Phi) is 3.03. The highest BCUT2D eigenvalue weighted by Gasteiger charge is 2.35. The molecule has 1 fully saturated rings. The number of aryl methyl sites for hydroxylation is 1. The summed E-state index contributed by atoms with van der Waals surface area (Å²) in [7, 11) is 0. The van der Waals surface area contributed by atoms with E-state index >= 15 is 0 Å². The molecule has 0 heterocycles. The van der Waals surface area contributed by atoms with Crippen LogP contribution in [-0.4, -0.2) is 18.5 Å². The van der Waals surface area contributed by atoms with Crippen LogP contribution in [0, 0.1) is 0 Å². The molecule has 1 aromatic carbocycles. The number of rotatable bonds is 4. The van der Waals surface area contributed by atoms with Gasteiger partial charge >= 0.3 is 0 Å². The second-order valence-corrected chi connectivity index (χ2v) is 6.52. The lowest BCUT2D eigenvalue weighted by molar-refractivity contribution is -0.121. The lowest BCUT2D eigenvalue weighted by Gasteiger charge is -2.20. The van der Waals surface area contributed by atoms with Gasteiger partial charge in [0, 0.05) is 6.04 Å². The molecule has 0 radical (unpaired) electrons. The minimum absolute atomic E-state index is 0.151. The SMILES string of the molecule is O=C(CNC1CC1)N[C@H]1C[C@@H]2CCCc3cccc1c32. The van der Waals surface area contributed by atoms with Crippen molar-refractivity contribution in [2.45, 2.75) is 56.5 Å². The Balaban J connectivity index is 1.48. The molecule has 3 heteroatoms. The van der Waals surface area contributed by atoms with Crippen molar-refractivity contribution in [1.82, 2.24) is 10.6 Å². The van der Waals surface area contributed by atoms with E-state index in [9.17, 15) is 4.79 Å². The fraction of sp³-hybridized carbons (Fsp3) is 0.588. The number of nitrogens with one attached hydrogen (secondary N) is 2. The van der Waals surface area contributed by atoms with Crippen molar-refractivity contribution >= 4 is 5.91 Å². The number of carbonyl (C=O) groups excluding carboxylic acids is 1. The van der Waals surface area contributed by atoms with Gasteiger partial charge in [0.2, 0.25) is 5.91 Å². The van der Waals surface area contributed by atoms with Crippen molar-refractivity contribution in [2.24, 2.45) is 0 Å². The molecular formula is C17H22N2O. The molecule has 0 bridgehead atoms. The summed E-state index contributed by atoms with van der Waals surface area (Å²) in [5.41, 5.74) is 4.46. The van der Waals surface area contributed by atoms with Crippen molar-refractivity contribution in [2.75, 3.05) is 6.54 Å². The van der Waals surface area contributed by atoms with Crippen LogP contribution in [0.2, 0.25) is 0 Å². The molecule has 1 saturated carbocycles. The van der Waals surface area contributed by atoms with Crippen LogP contribution >= 0.6 is 0 Å². The highest BCUT2D eigenvalue weighted by atomic mass is 16.2. The summed E-state index contributed by atoms with van der Waals surface area (Å²) in [6.07, 6.45) is 7.35. The third-order valence-electron chi connectivity index (χ3n) is 5.00. The van der Waals surface area contributed by atoms with E-state index < -0.39 is 0 Å². The van der Waals surface area contributed by atoms with Crippen LogP contribution in [0.5, 0.6) is 0 Å². The lowest BCUT2D eigenvalue weighted by atomic mass is 9.84. The molecular weight excluding hydrogens is 248 g/mol. The Morgan fingerprint density at radius 1 is 1.25 bits per heavy atom. The number of amides is 1. The first-order chi connectivity index (χ1) is 9.81. The van der Waals surface area contributed by atoms with E-state index in [0.29, 0.717) is 18.5 Å². The zero-order chi connectivity index (χ0) is 13.5. The topological polar surface area (TPSA) is 41.1 Å². The third kappa shape index (κ3) is 2.24. The van der Waals surface area contributed by atoms with Gasteiger partial charge in [-0.05, 0) is 61.1 Å². The predicted octanol–water partition coefficient (Wildman–Crippen LogP) is 2.42. The van der Waals surface area contributed by atoms with E-state index in [1.165, 1.54) is 43.2 Å². The van der Waals surface area contributed by atoms with Gasteiger partial charge in [-0.1, -0.05) is 18.2 Å². The van der Waals surface area contributed by atoms with Crippen LogP contribution in [-0.2, 0) is 11.2 Å². The molecule has 0 spiro atoms. The molecule has 0 aromatic heterocycles. The smallest absolute Gasteiger partial charge is 0.234 e. The van der Waals surface area contributed by atoms with Crippen LogP contribution in [0.3, 0.4) is 0 Å². The highest BCUT2D eigenvalue weighted by molar-refractivity contribution is 5.79. The molecule has 1 amide bonds. The monoisotopic (exact) mass is 270 g/mol. The van der Waals surface area contributed by atoms with Crippen LogP contribution < -0.4 is 10.6 Å². The van der Waals surface area contributed by atoms with Gasteiger partial charge in [0.1, 0.15) is 0 Å². The second kappa shape index (κ2) is 4.88. The third-order valence-corrected chi connectivity index (χ3v) is 5.00. The number of benzene rings is 1. The lowest BCUT2D eigenvalue weighted by Crippen LogP contribution is -2.36. The summed E-state index contributed by atoms with van der Waals surface area (Å²) in [6, 6.07) is 7.47. The predicted molar refractivity (Wildman–Crippen MR) is 78.6 cm³/mol. The fourth-order valence-corrected chi connectivity index (χ4v) is 3.89. The average molecular weight is 270 g/mol. The first-order valence-electron chi connectivity index (χ1n) is 7.95. The Labute approximate surface area is 120 Å². The molecule has 1 aromatic rings. The van der Waals surface area contributed by atoms with Crippen LogP contribution in [0.1, 0.15) is 60.8 Å². The number of hydrogen-bond donors (Lipinski definition) is 2.